The van der Waals surface area contributed by atoms with Crippen LogP contribution < -0.4 is 10.1 Å². The summed E-state index contributed by atoms with van der Waals surface area (Å²) in [4.78, 5) is 12.2. The molecular weight excluding hydrogens is 322 g/mol. The van der Waals surface area contributed by atoms with E-state index >= 15 is 0 Å². The lowest BCUT2D eigenvalue weighted by Gasteiger charge is -2.20. The second-order valence-corrected chi connectivity index (χ2v) is 6.50. The minimum absolute atomic E-state index is 0.00588. The highest BCUT2D eigenvalue weighted by Gasteiger charge is 2.15. The van der Waals surface area contributed by atoms with Gasteiger partial charge in [0.25, 0.3) is 5.91 Å². The van der Waals surface area contributed by atoms with E-state index in [1.54, 1.807) is 12.1 Å². The third-order valence-corrected chi connectivity index (χ3v) is 4.47. The summed E-state index contributed by atoms with van der Waals surface area (Å²) >= 11 is 5.99. The molecule has 3 nitrogen and oxygen atoms in total. The summed E-state index contributed by atoms with van der Waals surface area (Å²) in [5.41, 5.74) is 4.49. The van der Waals surface area contributed by atoms with Crippen LogP contribution in [-0.2, 0) is 4.79 Å². The molecule has 0 aliphatic carbocycles. The Morgan fingerprint density at radius 3 is 2.50 bits per heavy atom. The van der Waals surface area contributed by atoms with Crippen LogP contribution in [0.1, 0.15) is 41.6 Å². The number of ether oxygens (including phenoxy) is 1. The number of hydrogen-bond donors (Lipinski definition) is 1. The van der Waals surface area contributed by atoms with Gasteiger partial charge in [-0.1, -0.05) is 42.3 Å². The fraction of sp³-hybridized carbons (Fsp3) is 0.350. The van der Waals surface area contributed by atoms with Crippen LogP contribution in [0.3, 0.4) is 0 Å². The lowest BCUT2D eigenvalue weighted by molar-refractivity contribution is -0.123. The predicted octanol–water partition coefficient (Wildman–Crippen LogP) is 4.91. The summed E-state index contributed by atoms with van der Waals surface area (Å²) in [6.45, 7) is 8.10. The summed E-state index contributed by atoms with van der Waals surface area (Å²) in [6, 6.07) is 11.7. The summed E-state index contributed by atoms with van der Waals surface area (Å²) in [7, 11) is 0. The van der Waals surface area contributed by atoms with Gasteiger partial charge in [0.05, 0.1) is 6.04 Å². The third-order valence-electron chi connectivity index (χ3n) is 4.04. The highest BCUT2D eigenvalue weighted by atomic mass is 35.5. The number of nitrogens with one attached hydrogen (secondary N) is 1. The maximum absolute atomic E-state index is 12.2. The van der Waals surface area contributed by atoms with E-state index in [1.807, 2.05) is 13.0 Å². The summed E-state index contributed by atoms with van der Waals surface area (Å²) in [6.07, 6.45) is 0.829. The molecule has 128 valence electrons. The molecule has 0 aliphatic rings. The monoisotopic (exact) mass is 345 g/mol. The van der Waals surface area contributed by atoms with E-state index in [4.69, 9.17) is 16.3 Å². The second kappa shape index (κ2) is 8.20. The van der Waals surface area contributed by atoms with Gasteiger partial charge < -0.3 is 10.1 Å². The van der Waals surface area contributed by atoms with E-state index < -0.39 is 0 Å². The summed E-state index contributed by atoms with van der Waals surface area (Å²) in [5, 5.41) is 3.74. The lowest BCUT2D eigenvalue weighted by Crippen LogP contribution is -2.32. The second-order valence-electron chi connectivity index (χ2n) is 6.09. The first kappa shape index (κ1) is 18.3. The minimum Gasteiger partial charge on any atom is -0.484 e. The first-order valence-corrected chi connectivity index (χ1v) is 8.54. The molecule has 0 spiro atoms. The number of carbonyl (C=O) groups excluding carboxylic acids is 1. The van der Waals surface area contributed by atoms with Gasteiger partial charge in [-0.25, -0.2) is 0 Å². The van der Waals surface area contributed by atoms with Crippen molar-refractivity contribution >= 4 is 17.5 Å². The van der Waals surface area contributed by atoms with Crippen molar-refractivity contribution in [2.45, 2.75) is 40.2 Å². The Labute approximate surface area is 149 Å². The van der Waals surface area contributed by atoms with E-state index in [1.165, 1.54) is 11.1 Å². The first-order chi connectivity index (χ1) is 11.4. The van der Waals surface area contributed by atoms with Gasteiger partial charge in [-0.2, -0.15) is 0 Å². The molecule has 0 fully saturated rings. The molecule has 4 heteroatoms. The molecule has 2 rings (SSSR count). The van der Waals surface area contributed by atoms with Crippen LogP contribution in [-0.4, -0.2) is 12.5 Å². The molecule has 0 bridgehead atoms. The summed E-state index contributed by atoms with van der Waals surface area (Å²) < 4.78 is 5.56. The Bertz CT molecular complexity index is 728. The Kier molecular flexibility index (Phi) is 6.27. The Morgan fingerprint density at radius 1 is 1.12 bits per heavy atom. The van der Waals surface area contributed by atoms with Crippen molar-refractivity contribution in [3.05, 3.63) is 63.7 Å². The van der Waals surface area contributed by atoms with Crippen LogP contribution in [0.25, 0.3) is 0 Å². The zero-order valence-electron chi connectivity index (χ0n) is 14.7. The first-order valence-electron chi connectivity index (χ1n) is 8.16. The molecule has 24 heavy (non-hydrogen) atoms. The minimum atomic E-state index is -0.130. The SMILES string of the molecule is CC[C@@H](NC(=O)COc1ccc(Cl)c(C)c1)c1ccc(C)cc1C. The highest BCUT2D eigenvalue weighted by Crippen LogP contribution is 2.23. The number of halogens is 1. The standard InChI is InChI=1S/C20H24ClNO2/c1-5-19(17-8-6-13(2)10-14(17)3)22-20(23)12-24-16-7-9-18(21)15(4)11-16/h6-11,19H,5,12H2,1-4H3,(H,22,23)/t19-/m1/s1. The molecule has 1 N–H and O–H groups in total. The Balaban J connectivity index is 1.97. The van der Waals surface area contributed by atoms with Gasteiger partial charge in [0.2, 0.25) is 0 Å². The van der Waals surface area contributed by atoms with Gasteiger partial charge in [-0.05, 0) is 62.1 Å². The van der Waals surface area contributed by atoms with Crippen molar-refractivity contribution in [1.82, 2.24) is 5.32 Å². The van der Waals surface area contributed by atoms with Crippen molar-refractivity contribution in [3.63, 3.8) is 0 Å². The molecule has 2 aromatic carbocycles. The van der Waals surface area contributed by atoms with E-state index in [9.17, 15) is 4.79 Å². The zero-order valence-corrected chi connectivity index (χ0v) is 15.4. The van der Waals surface area contributed by atoms with Crippen molar-refractivity contribution in [2.75, 3.05) is 6.61 Å². The maximum atomic E-state index is 12.2. The largest absolute Gasteiger partial charge is 0.484 e. The molecule has 0 unspecified atom stereocenters. The van der Waals surface area contributed by atoms with Gasteiger partial charge in [0, 0.05) is 5.02 Å². The van der Waals surface area contributed by atoms with Crippen molar-refractivity contribution in [3.8, 4) is 5.75 Å². The third kappa shape index (κ3) is 4.75. The quantitative estimate of drug-likeness (QED) is 0.807. The van der Waals surface area contributed by atoms with E-state index in [2.05, 4.69) is 44.3 Å². The smallest absolute Gasteiger partial charge is 0.258 e. The number of carbonyl (C=O) groups is 1. The normalized spacial score (nSPS) is 11.9. The van der Waals surface area contributed by atoms with E-state index in [0.29, 0.717) is 10.8 Å². The van der Waals surface area contributed by atoms with Gasteiger partial charge in [-0.15, -0.1) is 0 Å². The molecule has 1 amide bonds. The number of aryl methyl sites for hydroxylation is 3. The van der Waals surface area contributed by atoms with Crippen molar-refractivity contribution in [1.29, 1.82) is 0 Å². The molecule has 0 saturated heterocycles. The van der Waals surface area contributed by atoms with Gasteiger partial charge in [0.15, 0.2) is 6.61 Å². The van der Waals surface area contributed by atoms with Crippen LogP contribution in [0.15, 0.2) is 36.4 Å². The molecule has 1 atom stereocenters. The average molecular weight is 346 g/mol. The molecular formula is C20H24ClNO2. The molecule has 0 radical (unpaired) electrons. The van der Waals surface area contributed by atoms with Crippen LogP contribution in [0, 0.1) is 20.8 Å². The average Bonchev–Trinajstić information content (AvgIpc) is 2.54. The highest BCUT2D eigenvalue weighted by molar-refractivity contribution is 6.31. The van der Waals surface area contributed by atoms with Crippen LogP contribution in [0.4, 0.5) is 0 Å². The molecule has 2 aromatic rings. The van der Waals surface area contributed by atoms with Gasteiger partial charge >= 0.3 is 0 Å². The zero-order chi connectivity index (χ0) is 17.7. The molecule has 0 saturated carbocycles. The maximum Gasteiger partial charge on any atom is 0.258 e. The van der Waals surface area contributed by atoms with Crippen molar-refractivity contribution < 1.29 is 9.53 Å². The van der Waals surface area contributed by atoms with E-state index in [0.717, 1.165) is 17.5 Å². The predicted molar refractivity (Wildman–Crippen MR) is 98.8 cm³/mol. The molecule has 0 aliphatic heterocycles. The fourth-order valence-corrected chi connectivity index (χ4v) is 2.83. The van der Waals surface area contributed by atoms with Crippen LogP contribution in [0.5, 0.6) is 5.75 Å². The van der Waals surface area contributed by atoms with E-state index in [-0.39, 0.29) is 18.6 Å². The Hall–Kier alpha value is -2.00. The van der Waals surface area contributed by atoms with Crippen LogP contribution in [0.2, 0.25) is 5.02 Å². The van der Waals surface area contributed by atoms with Gasteiger partial charge in [0.1, 0.15) is 5.75 Å². The number of rotatable bonds is 6. The fourth-order valence-electron chi connectivity index (χ4n) is 2.71. The van der Waals surface area contributed by atoms with Gasteiger partial charge in [-0.3, -0.25) is 4.79 Å². The topological polar surface area (TPSA) is 38.3 Å². The summed E-state index contributed by atoms with van der Waals surface area (Å²) in [5.74, 6) is 0.515. The Morgan fingerprint density at radius 2 is 1.88 bits per heavy atom. The number of amides is 1. The molecule has 0 aromatic heterocycles. The lowest BCUT2D eigenvalue weighted by atomic mass is 9.97. The number of hydrogen-bond acceptors (Lipinski definition) is 2. The molecule has 0 heterocycles. The van der Waals surface area contributed by atoms with Crippen molar-refractivity contribution in [2.24, 2.45) is 0 Å². The van der Waals surface area contributed by atoms with Crippen LogP contribution >= 0.6 is 11.6 Å². The number of benzene rings is 2.